The molecule has 1 unspecified atom stereocenters. The maximum Gasteiger partial charge on any atom is 0.224 e. The summed E-state index contributed by atoms with van der Waals surface area (Å²) in [6, 6.07) is 0. The molecule has 1 saturated heterocycles. The highest BCUT2D eigenvalue weighted by Crippen LogP contribution is 2.23. The molecule has 20 heavy (non-hydrogen) atoms. The Morgan fingerprint density at radius 1 is 1.60 bits per heavy atom. The molecule has 5 nitrogen and oxygen atoms in total. The SMILES string of the molecule is CCCNc1ncc(CN2CCCC(C(=O)NC)C2)s1. The largest absolute Gasteiger partial charge is 0.362 e. The van der Waals surface area contributed by atoms with E-state index in [0.29, 0.717) is 0 Å². The summed E-state index contributed by atoms with van der Waals surface area (Å²) in [4.78, 5) is 19.7. The number of carbonyl (C=O) groups excluding carboxylic acids is 1. The predicted octanol–water partition coefficient (Wildman–Crippen LogP) is 1.92. The lowest BCUT2D eigenvalue weighted by Crippen LogP contribution is -2.41. The van der Waals surface area contributed by atoms with Crippen molar-refractivity contribution in [1.82, 2.24) is 15.2 Å². The fraction of sp³-hybridized carbons (Fsp3) is 0.714. The number of hydrogen-bond acceptors (Lipinski definition) is 5. The van der Waals surface area contributed by atoms with Crippen LogP contribution in [0.3, 0.4) is 0 Å². The van der Waals surface area contributed by atoms with Crippen molar-refractivity contribution in [2.24, 2.45) is 5.92 Å². The van der Waals surface area contributed by atoms with Crippen molar-refractivity contribution >= 4 is 22.4 Å². The summed E-state index contributed by atoms with van der Waals surface area (Å²) in [5, 5.41) is 7.08. The fourth-order valence-electron chi connectivity index (χ4n) is 2.53. The van der Waals surface area contributed by atoms with E-state index < -0.39 is 0 Å². The zero-order valence-electron chi connectivity index (χ0n) is 12.3. The molecule has 0 radical (unpaired) electrons. The number of aromatic nitrogens is 1. The van der Waals surface area contributed by atoms with Gasteiger partial charge in [0.1, 0.15) is 0 Å². The third-order valence-electron chi connectivity index (χ3n) is 3.58. The van der Waals surface area contributed by atoms with Crippen LogP contribution in [-0.4, -0.2) is 42.5 Å². The maximum atomic E-state index is 11.7. The highest BCUT2D eigenvalue weighted by Gasteiger charge is 2.25. The van der Waals surface area contributed by atoms with Gasteiger partial charge in [0.05, 0.1) is 5.92 Å². The zero-order valence-corrected chi connectivity index (χ0v) is 13.1. The van der Waals surface area contributed by atoms with Crippen LogP contribution in [-0.2, 0) is 11.3 Å². The lowest BCUT2D eigenvalue weighted by atomic mass is 9.97. The van der Waals surface area contributed by atoms with Gasteiger partial charge in [-0.2, -0.15) is 0 Å². The quantitative estimate of drug-likeness (QED) is 0.842. The van der Waals surface area contributed by atoms with E-state index in [-0.39, 0.29) is 11.8 Å². The standard InChI is InChI=1S/C14H24N4OS/c1-3-6-16-14-17-8-12(20-14)10-18-7-4-5-11(9-18)13(19)15-2/h8,11H,3-7,9-10H2,1-2H3,(H,15,19)(H,16,17). The van der Waals surface area contributed by atoms with Crippen LogP contribution in [0.25, 0.3) is 0 Å². The first-order valence-electron chi connectivity index (χ1n) is 7.35. The molecule has 0 spiro atoms. The van der Waals surface area contributed by atoms with E-state index in [0.717, 1.165) is 50.6 Å². The van der Waals surface area contributed by atoms with Gasteiger partial charge in [0.15, 0.2) is 5.13 Å². The Bertz CT molecular complexity index is 435. The van der Waals surface area contributed by atoms with E-state index in [1.165, 1.54) is 4.88 Å². The average molecular weight is 296 g/mol. The Kier molecular flexibility index (Phi) is 5.79. The van der Waals surface area contributed by atoms with Crippen molar-refractivity contribution < 1.29 is 4.79 Å². The highest BCUT2D eigenvalue weighted by molar-refractivity contribution is 7.15. The van der Waals surface area contributed by atoms with E-state index >= 15 is 0 Å². The van der Waals surface area contributed by atoms with E-state index in [1.807, 2.05) is 6.20 Å². The summed E-state index contributed by atoms with van der Waals surface area (Å²) < 4.78 is 0. The van der Waals surface area contributed by atoms with Gasteiger partial charge in [0.25, 0.3) is 0 Å². The summed E-state index contributed by atoms with van der Waals surface area (Å²) in [6.45, 7) is 5.95. The number of nitrogens with zero attached hydrogens (tertiary/aromatic N) is 2. The molecule has 2 N–H and O–H groups in total. The minimum Gasteiger partial charge on any atom is -0.362 e. The molecule has 1 atom stereocenters. The lowest BCUT2D eigenvalue weighted by Gasteiger charge is -2.31. The van der Waals surface area contributed by atoms with Gasteiger partial charge in [0, 0.05) is 37.8 Å². The molecule has 2 rings (SSSR count). The number of hydrogen-bond donors (Lipinski definition) is 2. The number of carbonyl (C=O) groups is 1. The number of nitrogens with one attached hydrogen (secondary N) is 2. The molecule has 0 saturated carbocycles. The number of amides is 1. The number of piperidine rings is 1. The Balaban J connectivity index is 1.86. The summed E-state index contributed by atoms with van der Waals surface area (Å²) >= 11 is 1.72. The molecule has 0 bridgehead atoms. The van der Waals surface area contributed by atoms with Crippen LogP contribution < -0.4 is 10.6 Å². The first-order chi connectivity index (χ1) is 9.72. The molecule has 1 aromatic heterocycles. The molecule has 0 aromatic carbocycles. The molecule has 1 amide bonds. The Morgan fingerprint density at radius 3 is 3.20 bits per heavy atom. The summed E-state index contributed by atoms with van der Waals surface area (Å²) in [5.74, 6) is 0.309. The Morgan fingerprint density at radius 2 is 2.45 bits per heavy atom. The molecule has 1 aliphatic rings. The minimum absolute atomic E-state index is 0.138. The van der Waals surface area contributed by atoms with Crippen LogP contribution in [0.5, 0.6) is 0 Å². The first-order valence-corrected chi connectivity index (χ1v) is 8.17. The second-order valence-electron chi connectivity index (χ2n) is 5.25. The molecule has 1 aliphatic heterocycles. The van der Waals surface area contributed by atoms with Crippen LogP contribution >= 0.6 is 11.3 Å². The van der Waals surface area contributed by atoms with Crippen LogP contribution in [0.1, 0.15) is 31.1 Å². The van der Waals surface area contributed by atoms with E-state index in [1.54, 1.807) is 18.4 Å². The van der Waals surface area contributed by atoms with Crippen LogP contribution in [0.15, 0.2) is 6.20 Å². The van der Waals surface area contributed by atoms with E-state index in [4.69, 9.17) is 0 Å². The summed E-state index contributed by atoms with van der Waals surface area (Å²) in [5.41, 5.74) is 0. The van der Waals surface area contributed by atoms with Crippen LogP contribution in [0, 0.1) is 5.92 Å². The minimum atomic E-state index is 0.138. The van der Waals surface area contributed by atoms with Gasteiger partial charge in [-0.25, -0.2) is 4.98 Å². The molecular weight excluding hydrogens is 272 g/mol. The predicted molar refractivity (Wildman–Crippen MR) is 83.0 cm³/mol. The van der Waals surface area contributed by atoms with Crippen molar-refractivity contribution in [2.45, 2.75) is 32.7 Å². The molecule has 112 valence electrons. The first kappa shape index (κ1) is 15.3. The van der Waals surface area contributed by atoms with Gasteiger partial charge in [-0.1, -0.05) is 6.92 Å². The Hall–Kier alpha value is -1.14. The summed E-state index contributed by atoms with van der Waals surface area (Å²) in [6.07, 6.45) is 5.15. The maximum absolute atomic E-state index is 11.7. The van der Waals surface area contributed by atoms with Crippen LogP contribution in [0.2, 0.25) is 0 Å². The number of likely N-dealkylation sites (tertiary alicyclic amines) is 1. The van der Waals surface area contributed by atoms with Crippen molar-refractivity contribution in [3.63, 3.8) is 0 Å². The third kappa shape index (κ3) is 4.18. The van der Waals surface area contributed by atoms with Gasteiger partial charge < -0.3 is 10.6 Å². The van der Waals surface area contributed by atoms with Gasteiger partial charge in [-0.15, -0.1) is 11.3 Å². The van der Waals surface area contributed by atoms with E-state index in [2.05, 4.69) is 27.4 Å². The van der Waals surface area contributed by atoms with Crippen molar-refractivity contribution in [3.05, 3.63) is 11.1 Å². The van der Waals surface area contributed by atoms with Gasteiger partial charge >= 0.3 is 0 Å². The summed E-state index contributed by atoms with van der Waals surface area (Å²) in [7, 11) is 1.72. The molecular formula is C14H24N4OS. The van der Waals surface area contributed by atoms with Gasteiger partial charge in [-0.3, -0.25) is 9.69 Å². The zero-order chi connectivity index (χ0) is 14.4. The monoisotopic (exact) mass is 296 g/mol. The normalized spacial score (nSPS) is 19.8. The van der Waals surface area contributed by atoms with E-state index in [9.17, 15) is 4.79 Å². The molecule has 1 fully saturated rings. The second kappa shape index (κ2) is 7.59. The number of rotatable bonds is 6. The molecule has 2 heterocycles. The second-order valence-corrected chi connectivity index (χ2v) is 6.36. The fourth-order valence-corrected chi connectivity index (χ4v) is 3.41. The molecule has 1 aromatic rings. The topological polar surface area (TPSA) is 57.3 Å². The smallest absolute Gasteiger partial charge is 0.224 e. The Labute approximate surface area is 124 Å². The van der Waals surface area contributed by atoms with Gasteiger partial charge in [0.2, 0.25) is 5.91 Å². The highest BCUT2D eigenvalue weighted by atomic mass is 32.1. The number of thiazole rings is 1. The van der Waals surface area contributed by atoms with Crippen molar-refractivity contribution in [1.29, 1.82) is 0 Å². The van der Waals surface area contributed by atoms with Crippen molar-refractivity contribution in [2.75, 3.05) is 32.0 Å². The third-order valence-corrected chi connectivity index (χ3v) is 4.52. The molecule has 0 aliphatic carbocycles. The van der Waals surface area contributed by atoms with Crippen molar-refractivity contribution in [3.8, 4) is 0 Å². The average Bonchev–Trinajstić information content (AvgIpc) is 2.92. The van der Waals surface area contributed by atoms with Crippen LogP contribution in [0.4, 0.5) is 5.13 Å². The lowest BCUT2D eigenvalue weighted by molar-refractivity contribution is -0.126. The molecule has 6 heteroatoms. The van der Waals surface area contributed by atoms with Gasteiger partial charge in [-0.05, 0) is 25.8 Å². The number of anilines is 1.